The van der Waals surface area contributed by atoms with Gasteiger partial charge in [0.05, 0.1) is 12.2 Å². The van der Waals surface area contributed by atoms with Crippen LogP contribution in [0.25, 0.3) is 22.3 Å². The topological polar surface area (TPSA) is 229 Å². The molecule has 222 valence electrons. The van der Waals surface area contributed by atoms with Gasteiger partial charge in [0.15, 0.2) is 5.76 Å². The first-order valence-corrected chi connectivity index (χ1v) is 12.7. The Bertz CT molecular complexity index is 1460. The quantitative estimate of drug-likeness (QED) is 0.187. The lowest BCUT2D eigenvalue weighted by atomic mass is 10.00. The van der Waals surface area contributed by atoms with Gasteiger partial charge < -0.3 is 64.2 Å². The van der Waals surface area contributed by atoms with E-state index >= 15 is 0 Å². The van der Waals surface area contributed by atoms with Crippen molar-refractivity contribution in [1.29, 1.82) is 0 Å². The molecule has 14 heteroatoms. The number of aliphatic hydroxyl groups is 6. The van der Waals surface area contributed by atoms with Crippen molar-refractivity contribution < 1.29 is 64.2 Å². The number of hydrogen-bond donors (Lipinski definition) is 8. The maximum absolute atomic E-state index is 13.7. The Morgan fingerprint density at radius 1 is 0.707 bits per heavy atom. The minimum Gasteiger partial charge on any atom is -0.508 e. The van der Waals surface area contributed by atoms with E-state index in [0.29, 0.717) is 0 Å². The summed E-state index contributed by atoms with van der Waals surface area (Å²) in [4.78, 5) is 13.7. The maximum atomic E-state index is 13.7. The first kappa shape index (κ1) is 29.0. The largest absolute Gasteiger partial charge is 0.508 e. The summed E-state index contributed by atoms with van der Waals surface area (Å²) < 4.78 is 28.2. The van der Waals surface area contributed by atoms with Gasteiger partial charge in [0.2, 0.25) is 23.8 Å². The molecule has 14 nitrogen and oxygen atoms in total. The standard InChI is InChI=1S/C27H30O14/c1-9-17(30)20(33)22(35)26(37-9)39-13-7-14(29)16-15(8-13)40-24(11-3-5-12(28)6-4-11)25(19(16)32)41-27-23(36)21(34)18(31)10(2)38-27/h3-10,17-18,20-23,26-31,33-36H,1-2H3/t9-,10+,17+,18+,20-,21-,22-,23-,26-,27-/m1/s1. The highest BCUT2D eigenvalue weighted by atomic mass is 16.7. The van der Waals surface area contributed by atoms with E-state index in [2.05, 4.69) is 0 Å². The Labute approximate surface area is 231 Å². The molecule has 2 aliphatic rings. The zero-order valence-corrected chi connectivity index (χ0v) is 21.8. The van der Waals surface area contributed by atoms with E-state index in [-0.39, 0.29) is 33.8 Å². The van der Waals surface area contributed by atoms with Crippen LogP contribution in [0.2, 0.25) is 0 Å². The summed E-state index contributed by atoms with van der Waals surface area (Å²) in [5.41, 5.74) is -0.865. The van der Waals surface area contributed by atoms with Crippen molar-refractivity contribution in [1.82, 2.24) is 0 Å². The third-order valence-corrected chi connectivity index (χ3v) is 7.14. The molecule has 2 aliphatic heterocycles. The minimum absolute atomic E-state index is 0.0859. The van der Waals surface area contributed by atoms with E-state index in [0.717, 1.165) is 6.07 Å². The van der Waals surface area contributed by atoms with Crippen LogP contribution in [0.1, 0.15) is 13.8 Å². The van der Waals surface area contributed by atoms with Gasteiger partial charge in [-0.15, -0.1) is 0 Å². The molecule has 2 saturated heterocycles. The molecule has 5 rings (SSSR count). The fourth-order valence-electron chi connectivity index (χ4n) is 4.71. The average molecular weight is 579 g/mol. The van der Waals surface area contributed by atoms with Crippen LogP contribution in [0.4, 0.5) is 0 Å². The van der Waals surface area contributed by atoms with E-state index in [9.17, 15) is 45.6 Å². The van der Waals surface area contributed by atoms with Gasteiger partial charge in [0, 0.05) is 17.7 Å². The second kappa shape index (κ2) is 11.1. The van der Waals surface area contributed by atoms with E-state index in [1.807, 2.05) is 0 Å². The molecule has 2 fully saturated rings. The van der Waals surface area contributed by atoms with E-state index in [4.69, 9.17) is 23.4 Å². The van der Waals surface area contributed by atoms with Crippen LogP contribution in [0.15, 0.2) is 45.6 Å². The number of rotatable bonds is 5. The van der Waals surface area contributed by atoms with Gasteiger partial charge in [0.1, 0.15) is 64.8 Å². The number of phenolic OH excluding ortho intramolecular Hbond substituents is 2. The van der Waals surface area contributed by atoms with Gasteiger partial charge in [-0.05, 0) is 38.1 Å². The maximum Gasteiger partial charge on any atom is 0.239 e. The Morgan fingerprint density at radius 3 is 1.80 bits per heavy atom. The first-order chi connectivity index (χ1) is 19.4. The summed E-state index contributed by atoms with van der Waals surface area (Å²) in [5, 5.41) is 81.1. The predicted octanol–water partition coefficient (Wildman–Crippen LogP) is -0.716. The summed E-state index contributed by atoms with van der Waals surface area (Å²) in [6, 6.07) is 7.71. The van der Waals surface area contributed by atoms with Crippen molar-refractivity contribution in [2.75, 3.05) is 0 Å². The fraction of sp³-hybridized carbons (Fsp3) is 0.444. The van der Waals surface area contributed by atoms with E-state index < -0.39 is 78.3 Å². The number of benzene rings is 2. The van der Waals surface area contributed by atoms with Crippen LogP contribution in [0, 0.1) is 0 Å². The lowest BCUT2D eigenvalue weighted by Gasteiger charge is -2.39. The van der Waals surface area contributed by atoms with Crippen LogP contribution in [-0.2, 0) is 9.47 Å². The molecule has 0 saturated carbocycles. The van der Waals surface area contributed by atoms with E-state index in [1.165, 1.54) is 44.2 Å². The number of fused-ring (bicyclic) bond motifs is 1. The monoisotopic (exact) mass is 578 g/mol. The highest BCUT2D eigenvalue weighted by Gasteiger charge is 2.45. The van der Waals surface area contributed by atoms with Crippen molar-refractivity contribution in [2.24, 2.45) is 0 Å². The molecule has 0 spiro atoms. The zero-order chi connectivity index (χ0) is 29.7. The number of ether oxygens (including phenoxy) is 4. The van der Waals surface area contributed by atoms with E-state index in [1.54, 1.807) is 0 Å². The van der Waals surface area contributed by atoms with Gasteiger partial charge in [-0.3, -0.25) is 4.79 Å². The predicted molar refractivity (Wildman–Crippen MR) is 137 cm³/mol. The summed E-state index contributed by atoms with van der Waals surface area (Å²) in [7, 11) is 0. The SMILES string of the molecule is C[C@@H]1O[C@H](Oc2c(-c3ccc(O)cc3)oc3cc(O[C@H]4O[C@H](C)[C@H](O)[C@@H](O)[C@H]4O)cc(O)c3c2=O)[C@H](O)[C@H](O)[C@H]1O. The minimum atomic E-state index is -1.76. The zero-order valence-electron chi connectivity index (χ0n) is 21.8. The van der Waals surface area contributed by atoms with Crippen molar-refractivity contribution in [3.05, 3.63) is 46.6 Å². The van der Waals surface area contributed by atoms with Gasteiger partial charge in [-0.25, -0.2) is 0 Å². The van der Waals surface area contributed by atoms with Crippen LogP contribution in [0.5, 0.6) is 23.0 Å². The Morgan fingerprint density at radius 2 is 1.24 bits per heavy atom. The second-order valence-corrected chi connectivity index (χ2v) is 10.1. The van der Waals surface area contributed by atoms with Crippen molar-refractivity contribution >= 4 is 11.0 Å². The molecule has 41 heavy (non-hydrogen) atoms. The summed E-state index contributed by atoms with van der Waals surface area (Å²) in [5.74, 6) is -1.55. The molecule has 3 heterocycles. The van der Waals surface area contributed by atoms with Crippen LogP contribution in [0.3, 0.4) is 0 Å². The summed E-state index contributed by atoms with van der Waals surface area (Å²) >= 11 is 0. The van der Waals surface area contributed by atoms with Gasteiger partial charge in [-0.2, -0.15) is 0 Å². The molecule has 3 aromatic rings. The summed E-state index contributed by atoms with van der Waals surface area (Å²) in [6.45, 7) is 2.90. The first-order valence-electron chi connectivity index (χ1n) is 12.7. The number of aliphatic hydroxyl groups excluding tert-OH is 6. The molecule has 0 aliphatic carbocycles. The third-order valence-electron chi connectivity index (χ3n) is 7.14. The molecule has 0 unspecified atom stereocenters. The number of hydrogen-bond acceptors (Lipinski definition) is 14. The highest BCUT2D eigenvalue weighted by molar-refractivity contribution is 5.88. The van der Waals surface area contributed by atoms with Crippen LogP contribution >= 0.6 is 0 Å². The molecule has 10 atom stereocenters. The smallest absolute Gasteiger partial charge is 0.239 e. The van der Waals surface area contributed by atoms with Crippen LogP contribution in [-0.4, -0.2) is 102 Å². The normalized spacial score (nSPS) is 34.0. The second-order valence-electron chi connectivity index (χ2n) is 10.1. The Balaban J connectivity index is 1.58. The molecule has 1 aromatic heterocycles. The van der Waals surface area contributed by atoms with Crippen molar-refractivity contribution in [3.8, 4) is 34.3 Å². The Hall–Kier alpha value is -3.47. The molecular weight excluding hydrogens is 548 g/mol. The number of phenols is 2. The molecule has 0 amide bonds. The van der Waals surface area contributed by atoms with Gasteiger partial charge >= 0.3 is 0 Å². The van der Waals surface area contributed by atoms with Crippen molar-refractivity contribution in [3.63, 3.8) is 0 Å². The summed E-state index contributed by atoms with van der Waals surface area (Å²) in [6.07, 6.45) is -14.3. The lowest BCUT2D eigenvalue weighted by molar-refractivity contribution is -0.268. The average Bonchev–Trinajstić information content (AvgIpc) is 2.93. The molecule has 0 bridgehead atoms. The van der Waals surface area contributed by atoms with Gasteiger partial charge in [-0.1, -0.05) is 0 Å². The number of aromatic hydroxyl groups is 2. The Kier molecular flexibility index (Phi) is 7.84. The molecular formula is C27H30O14. The lowest BCUT2D eigenvalue weighted by Crippen LogP contribution is -2.58. The fourth-order valence-corrected chi connectivity index (χ4v) is 4.71. The van der Waals surface area contributed by atoms with Crippen molar-refractivity contribution in [2.45, 2.75) is 75.3 Å². The van der Waals surface area contributed by atoms with Crippen LogP contribution < -0.4 is 14.9 Å². The highest BCUT2D eigenvalue weighted by Crippen LogP contribution is 2.38. The van der Waals surface area contributed by atoms with Gasteiger partial charge in [0.25, 0.3) is 0 Å². The molecule has 0 radical (unpaired) electrons. The third kappa shape index (κ3) is 5.31. The molecule has 2 aromatic carbocycles. The molecule has 8 N–H and O–H groups in total.